The van der Waals surface area contributed by atoms with Crippen LogP contribution >= 0.6 is 11.6 Å². The van der Waals surface area contributed by atoms with Crippen molar-refractivity contribution in [2.24, 2.45) is 0 Å². The molecule has 0 spiro atoms. The molecule has 1 unspecified atom stereocenters. The number of rotatable bonds is 10. The zero-order valence-corrected chi connectivity index (χ0v) is 20.0. The summed E-state index contributed by atoms with van der Waals surface area (Å²) in [4.78, 5) is 26.1. The van der Waals surface area contributed by atoms with Crippen LogP contribution in [0.3, 0.4) is 0 Å². The van der Waals surface area contributed by atoms with Crippen molar-refractivity contribution in [3.63, 3.8) is 0 Å². The number of hydrogen-bond donors (Lipinski definition) is 2. The molecule has 10 heteroatoms. The maximum Gasteiger partial charge on any atom is 0.259 e. The molecular weight excluding hydrogens is 454 g/mol. The molecule has 2 aromatic rings. The molecule has 0 heterocycles. The highest BCUT2D eigenvalue weighted by Gasteiger charge is 2.25. The lowest BCUT2D eigenvalue weighted by Crippen LogP contribution is -2.45. The number of likely N-dealkylation sites (N-methyl/N-ethyl adjacent to an activating group) is 1. The molecule has 0 aromatic heterocycles. The predicted octanol–water partition coefficient (Wildman–Crippen LogP) is 2.74. The van der Waals surface area contributed by atoms with E-state index in [1.54, 1.807) is 38.4 Å². The van der Waals surface area contributed by atoms with Crippen molar-refractivity contribution in [1.29, 1.82) is 0 Å². The van der Waals surface area contributed by atoms with Crippen molar-refractivity contribution < 1.29 is 22.7 Å². The van der Waals surface area contributed by atoms with Crippen molar-refractivity contribution in [2.45, 2.75) is 37.2 Å². The van der Waals surface area contributed by atoms with Gasteiger partial charge in [0.15, 0.2) is 6.61 Å². The van der Waals surface area contributed by atoms with Gasteiger partial charge in [0.1, 0.15) is 5.75 Å². The Kier molecular flexibility index (Phi) is 9.06. The predicted molar refractivity (Wildman–Crippen MR) is 123 cm³/mol. The summed E-state index contributed by atoms with van der Waals surface area (Å²) in [6, 6.07) is 11.3. The summed E-state index contributed by atoms with van der Waals surface area (Å²) in [7, 11) is -0.623. The van der Waals surface area contributed by atoms with Gasteiger partial charge in [-0.1, -0.05) is 36.7 Å². The van der Waals surface area contributed by atoms with Gasteiger partial charge < -0.3 is 15.0 Å². The Morgan fingerprint density at radius 2 is 1.72 bits per heavy atom. The number of nitrogens with one attached hydrogen (secondary N) is 2. The molecule has 2 rings (SSSR count). The van der Waals surface area contributed by atoms with E-state index in [2.05, 4.69) is 10.0 Å². The van der Waals surface area contributed by atoms with Gasteiger partial charge in [-0.15, -0.1) is 0 Å². The Morgan fingerprint density at radius 3 is 2.31 bits per heavy atom. The van der Waals surface area contributed by atoms with Crippen LogP contribution in [0.4, 0.5) is 0 Å². The summed E-state index contributed by atoms with van der Waals surface area (Å²) in [5, 5.41) is 3.27. The first-order valence-corrected chi connectivity index (χ1v) is 11.9. The number of ether oxygens (including phenoxy) is 1. The van der Waals surface area contributed by atoms with Gasteiger partial charge in [-0.05, 0) is 43.7 Å². The highest BCUT2D eigenvalue weighted by molar-refractivity contribution is 7.89. The van der Waals surface area contributed by atoms with E-state index in [4.69, 9.17) is 16.3 Å². The van der Waals surface area contributed by atoms with E-state index in [1.165, 1.54) is 36.1 Å². The zero-order chi connectivity index (χ0) is 23.9. The highest BCUT2D eigenvalue weighted by Crippen LogP contribution is 2.27. The summed E-state index contributed by atoms with van der Waals surface area (Å²) in [5.74, 6) is -0.208. The minimum atomic E-state index is -3.90. The molecule has 0 fully saturated rings. The molecule has 0 aliphatic carbocycles. The first kappa shape index (κ1) is 25.6. The number of carbonyl (C=O) groups is 2. The molecule has 8 nitrogen and oxygen atoms in total. The molecule has 0 aliphatic rings. The molecule has 2 amide bonds. The minimum Gasteiger partial charge on any atom is -0.483 e. The second-order valence-corrected chi connectivity index (χ2v) is 9.53. The average molecular weight is 482 g/mol. The van der Waals surface area contributed by atoms with Gasteiger partial charge in [0, 0.05) is 24.7 Å². The zero-order valence-electron chi connectivity index (χ0n) is 18.5. The SMILES string of the molecule is CCC(NC(=O)[C@H](C)NS(=O)(=O)c1ccc(Cl)cc1)c1ccccc1OCC(=O)N(C)C. The summed E-state index contributed by atoms with van der Waals surface area (Å²) in [6.07, 6.45) is 0.532. The third-order valence-electron chi connectivity index (χ3n) is 4.72. The number of halogens is 1. The Morgan fingerprint density at radius 1 is 1.09 bits per heavy atom. The van der Waals surface area contributed by atoms with Crippen LogP contribution in [0.5, 0.6) is 5.75 Å². The second-order valence-electron chi connectivity index (χ2n) is 7.38. The topological polar surface area (TPSA) is 105 Å². The van der Waals surface area contributed by atoms with E-state index < -0.39 is 28.0 Å². The van der Waals surface area contributed by atoms with Crippen molar-refractivity contribution in [3.8, 4) is 5.75 Å². The van der Waals surface area contributed by atoms with Crippen molar-refractivity contribution >= 4 is 33.4 Å². The van der Waals surface area contributed by atoms with Crippen LogP contribution < -0.4 is 14.8 Å². The number of sulfonamides is 1. The van der Waals surface area contributed by atoms with Gasteiger partial charge in [-0.2, -0.15) is 4.72 Å². The molecule has 0 saturated carbocycles. The second kappa shape index (κ2) is 11.3. The maximum absolute atomic E-state index is 12.8. The molecule has 0 radical (unpaired) electrons. The van der Waals surface area contributed by atoms with Gasteiger partial charge >= 0.3 is 0 Å². The fourth-order valence-corrected chi connectivity index (χ4v) is 4.16. The fraction of sp³-hybridized carbons (Fsp3) is 0.364. The van der Waals surface area contributed by atoms with Crippen molar-refractivity contribution in [1.82, 2.24) is 14.9 Å². The molecule has 2 N–H and O–H groups in total. The van der Waals surface area contributed by atoms with Crippen LogP contribution in [-0.4, -0.2) is 51.9 Å². The van der Waals surface area contributed by atoms with Crippen LogP contribution in [0.1, 0.15) is 31.9 Å². The van der Waals surface area contributed by atoms with Gasteiger partial charge in [-0.25, -0.2) is 8.42 Å². The van der Waals surface area contributed by atoms with E-state index >= 15 is 0 Å². The van der Waals surface area contributed by atoms with E-state index in [0.717, 1.165) is 0 Å². The normalized spacial score (nSPS) is 13.2. The summed E-state index contributed by atoms with van der Waals surface area (Å²) in [6.45, 7) is 3.22. The quantitative estimate of drug-likeness (QED) is 0.543. The van der Waals surface area contributed by atoms with Crippen molar-refractivity contribution in [3.05, 3.63) is 59.1 Å². The first-order valence-electron chi connectivity index (χ1n) is 10.0. The third kappa shape index (κ3) is 6.94. The molecular formula is C22H28ClN3O5S. The number of carbonyl (C=O) groups excluding carboxylic acids is 2. The van der Waals surface area contributed by atoms with E-state index in [9.17, 15) is 18.0 Å². The molecule has 0 bridgehead atoms. The van der Waals surface area contributed by atoms with Crippen molar-refractivity contribution in [2.75, 3.05) is 20.7 Å². The molecule has 0 saturated heterocycles. The van der Waals surface area contributed by atoms with Crippen LogP contribution in [0.25, 0.3) is 0 Å². The van der Waals surface area contributed by atoms with Crippen LogP contribution in [-0.2, 0) is 19.6 Å². The number of nitrogens with zero attached hydrogens (tertiary/aromatic N) is 1. The lowest BCUT2D eigenvalue weighted by Gasteiger charge is -2.23. The van der Waals surface area contributed by atoms with Crippen LogP contribution in [0.2, 0.25) is 5.02 Å². The number of benzene rings is 2. The number of amides is 2. The minimum absolute atomic E-state index is 0.0119. The fourth-order valence-electron chi connectivity index (χ4n) is 2.83. The van der Waals surface area contributed by atoms with Crippen LogP contribution in [0.15, 0.2) is 53.4 Å². The van der Waals surface area contributed by atoms with Gasteiger partial charge in [-0.3, -0.25) is 9.59 Å². The van der Waals surface area contributed by atoms with Gasteiger partial charge in [0.25, 0.3) is 5.91 Å². The molecule has 2 aromatic carbocycles. The summed E-state index contributed by atoms with van der Waals surface area (Å²) >= 11 is 5.81. The smallest absolute Gasteiger partial charge is 0.259 e. The Hall–Kier alpha value is -2.62. The lowest BCUT2D eigenvalue weighted by molar-refractivity contribution is -0.130. The van der Waals surface area contributed by atoms with Gasteiger partial charge in [0.2, 0.25) is 15.9 Å². The lowest BCUT2D eigenvalue weighted by atomic mass is 10.0. The third-order valence-corrected chi connectivity index (χ3v) is 6.53. The Balaban J connectivity index is 2.11. The number of hydrogen-bond acceptors (Lipinski definition) is 5. The van der Waals surface area contributed by atoms with Crippen LogP contribution in [0, 0.1) is 0 Å². The molecule has 0 aliphatic heterocycles. The van der Waals surface area contributed by atoms with Gasteiger partial charge in [0.05, 0.1) is 17.0 Å². The van der Waals surface area contributed by atoms with E-state index in [-0.39, 0.29) is 17.4 Å². The standard InChI is InChI=1S/C22H28ClN3O5S/c1-5-19(18-8-6-7-9-20(18)31-14-21(27)26(3)4)24-22(28)15(2)25-32(29,30)17-12-10-16(23)11-13-17/h6-13,15,19,25H,5,14H2,1-4H3,(H,24,28)/t15-,19?/m0/s1. The average Bonchev–Trinajstić information content (AvgIpc) is 2.75. The van der Waals surface area contributed by atoms with E-state index in [0.29, 0.717) is 22.8 Å². The highest BCUT2D eigenvalue weighted by atomic mass is 35.5. The maximum atomic E-state index is 12.8. The van der Waals surface area contributed by atoms with E-state index in [1.807, 2.05) is 6.92 Å². The largest absolute Gasteiger partial charge is 0.483 e. The molecule has 32 heavy (non-hydrogen) atoms. The molecule has 2 atom stereocenters. The summed E-state index contributed by atoms with van der Waals surface area (Å²) in [5.41, 5.74) is 0.697. The first-order chi connectivity index (χ1) is 15.0. The summed E-state index contributed by atoms with van der Waals surface area (Å²) < 4.78 is 33.1. The monoisotopic (exact) mass is 481 g/mol. The Labute approximate surface area is 193 Å². The number of para-hydroxylation sites is 1. The molecule has 174 valence electrons. The Bertz CT molecular complexity index is 1040.